The van der Waals surface area contributed by atoms with Crippen LogP contribution in [0, 0.1) is 23.5 Å². The molecule has 9 nitrogen and oxygen atoms in total. The van der Waals surface area contributed by atoms with Gasteiger partial charge >= 0.3 is 0 Å². The molecule has 0 fully saturated rings. The van der Waals surface area contributed by atoms with Gasteiger partial charge in [-0.1, -0.05) is 48.5 Å². The lowest BCUT2D eigenvalue weighted by molar-refractivity contribution is -0.866. The Balaban J connectivity index is 1.93. The highest BCUT2D eigenvalue weighted by Gasteiger charge is 2.40. The van der Waals surface area contributed by atoms with E-state index in [0.717, 1.165) is 11.8 Å². The molecule has 2 atom stereocenters. The number of quaternary nitrogens is 1. The Hall–Kier alpha value is -3.52. The molecule has 0 saturated carbocycles. The molecule has 1 amide bonds. The van der Waals surface area contributed by atoms with Gasteiger partial charge in [0.2, 0.25) is 0 Å². The number of nitriles is 1. The van der Waals surface area contributed by atoms with E-state index in [-0.39, 0.29) is 17.4 Å². The van der Waals surface area contributed by atoms with Crippen molar-refractivity contribution in [2.24, 2.45) is 0 Å². The molecule has 0 aliphatic carbocycles. The summed E-state index contributed by atoms with van der Waals surface area (Å²) in [6.45, 7) is 1.61. The third-order valence-corrected chi connectivity index (χ3v) is 6.82. The fourth-order valence-corrected chi connectivity index (χ4v) is 4.88. The Labute approximate surface area is 198 Å². The number of amides is 1. The van der Waals surface area contributed by atoms with Crippen LogP contribution in [0.3, 0.4) is 0 Å². The Kier molecular flexibility index (Phi) is 6.52. The fraction of sp³-hybridized carbons (Fsp3) is 0.292. The van der Waals surface area contributed by atoms with Crippen molar-refractivity contribution >= 4 is 21.6 Å². The van der Waals surface area contributed by atoms with Crippen LogP contribution < -0.4 is 9.96 Å². The summed E-state index contributed by atoms with van der Waals surface area (Å²) in [6, 6.07) is 17.7. The highest BCUT2D eigenvalue weighted by molar-refractivity contribution is 7.90. The van der Waals surface area contributed by atoms with Crippen LogP contribution in [0.1, 0.15) is 34.0 Å². The zero-order valence-electron chi connectivity index (χ0n) is 18.9. The van der Waals surface area contributed by atoms with E-state index in [4.69, 9.17) is 0 Å². The van der Waals surface area contributed by atoms with Crippen LogP contribution in [-0.2, 0) is 21.2 Å². The van der Waals surface area contributed by atoms with Crippen LogP contribution in [0.4, 0.5) is 5.82 Å². The van der Waals surface area contributed by atoms with Crippen molar-refractivity contribution in [3.63, 3.8) is 0 Å². The molecule has 0 bridgehead atoms. The molecular formula is C24H25N5O4S. The third-order valence-electron chi connectivity index (χ3n) is 5.89. The number of sulfone groups is 1. The van der Waals surface area contributed by atoms with Gasteiger partial charge in [0.1, 0.15) is 21.7 Å². The van der Waals surface area contributed by atoms with Crippen LogP contribution in [-0.4, -0.2) is 49.2 Å². The molecule has 2 heterocycles. The number of carbonyl (C=O) groups excluding carboxylic acids is 1. The van der Waals surface area contributed by atoms with Crippen LogP contribution in [0.5, 0.6) is 0 Å². The van der Waals surface area contributed by atoms with Gasteiger partial charge in [0.15, 0.2) is 6.54 Å². The smallest absolute Gasteiger partial charge is 0.283 e. The van der Waals surface area contributed by atoms with Gasteiger partial charge in [-0.3, -0.25) is 9.69 Å². The van der Waals surface area contributed by atoms with Gasteiger partial charge < -0.3 is 10.3 Å². The second kappa shape index (κ2) is 9.38. The normalized spacial score (nSPS) is 18.3. The van der Waals surface area contributed by atoms with Crippen molar-refractivity contribution in [3.05, 3.63) is 87.8 Å². The molecule has 1 aromatic heterocycles. The summed E-state index contributed by atoms with van der Waals surface area (Å²) in [5.41, 5.74) is 2.88. The lowest BCUT2D eigenvalue weighted by atomic mass is 9.94. The lowest BCUT2D eigenvalue weighted by Gasteiger charge is -2.29. The van der Waals surface area contributed by atoms with E-state index in [1.165, 1.54) is 4.90 Å². The number of nitrogens with one attached hydrogen (secondary N) is 1. The number of benzene rings is 2. The summed E-state index contributed by atoms with van der Waals surface area (Å²) in [7, 11) is -3.37. The zero-order valence-corrected chi connectivity index (χ0v) is 19.7. The van der Waals surface area contributed by atoms with E-state index < -0.39 is 28.3 Å². The minimum absolute atomic E-state index is 0.0928. The summed E-state index contributed by atoms with van der Waals surface area (Å²) >= 11 is 0. The van der Waals surface area contributed by atoms with Crippen LogP contribution in [0.15, 0.2) is 54.6 Å². The van der Waals surface area contributed by atoms with Crippen molar-refractivity contribution in [1.82, 2.24) is 9.78 Å². The number of fused-ring (bicyclic) bond motifs is 1. The average Bonchev–Trinajstić information content (AvgIpc) is 3.03. The first-order valence-electron chi connectivity index (χ1n) is 10.8. The monoisotopic (exact) mass is 479 g/mol. The summed E-state index contributed by atoms with van der Waals surface area (Å²) < 4.78 is 25.5. The number of hydroxylamine groups is 2. The van der Waals surface area contributed by atoms with Gasteiger partial charge in [0, 0.05) is 18.4 Å². The summed E-state index contributed by atoms with van der Waals surface area (Å²) in [4.78, 5) is 14.6. The number of aromatic nitrogens is 2. The first-order valence-corrected chi connectivity index (χ1v) is 12.9. The number of hydrogen-bond acceptors (Lipinski definition) is 6. The van der Waals surface area contributed by atoms with E-state index >= 15 is 0 Å². The van der Waals surface area contributed by atoms with Gasteiger partial charge in [0.25, 0.3) is 5.91 Å². The SMILES string of the molecule is Cc1nn(Cc2ccccc2)c2c1C(c1ccccc1C#N)[NH+]([O-])CC(=O)N2CCS(C)(=O)=O. The second-order valence-electron chi connectivity index (χ2n) is 8.42. The maximum Gasteiger partial charge on any atom is 0.283 e. The van der Waals surface area contributed by atoms with E-state index in [9.17, 15) is 23.7 Å². The number of rotatable bonds is 6. The zero-order chi connectivity index (χ0) is 24.5. The maximum atomic E-state index is 13.4. The molecule has 4 rings (SSSR count). The summed E-state index contributed by atoms with van der Waals surface area (Å²) in [5, 5.41) is 27.4. The molecule has 0 radical (unpaired) electrons. The molecular weight excluding hydrogens is 454 g/mol. The number of anilines is 1. The molecule has 3 aromatic rings. The van der Waals surface area contributed by atoms with Gasteiger partial charge in [-0.25, -0.2) is 13.1 Å². The highest BCUT2D eigenvalue weighted by Crippen LogP contribution is 2.35. The second-order valence-corrected chi connectivity index (χ2v) is 10.7. The van der Waals surface area contributed by atoms with E-state index in [1.54, 1.807) is 35.9 Å². The third kappa shape index (κ3) is 4.72. The van der Waals surface area contributed by atoms with Crippen LogP contribution in [0.2, 0.25) is 0 Å². The van der Waals surface area contributed by atoms with Crippen molar-refractivity contribution in [2.45, 2.75) is 19.5 Å². The van der Waals surface area contributed by atoms with E-state index in [2.05, 4.69) is 11.2 Å². The number of hydrogen-bond donors (Lipinski definition) is 1. The lowest BCUT2D eigenvalue weighted by Crippen LogP contribution is -3.08. The van der Waals surface area contributed by atoms with Crippen LogP contribution >= 0.6 is 0 Å². The molecule has 1 N–H and O–H groups in total. The first kappa shape index (κ1) is 23.6. The Morgan fingerprint density at radius 2 is 1.85 bits per heavy atom. The number of aryl methyl sites for hydroxylation is 1. The van der Waals surface area contributed by atoms with Crippen LogP contribution in [0.25, 0.3) is 0 Å². The average molecular weight is 480 g/mol. The van der Waals surface area contributed by atoms with Gasteiger partial charge in [-0.05, 0) is 18.6 Å². The quantitative estimate of drug-likeness (QED) is 0.526. The Morgan fingerprint density at radius 3 is 2.53 bits per heavy atom. The molecule has 176 valence electrons. The maximum absolute atomic E-state index is 13.4. The summed E-state index contributed by atoms with van der Waals surface area (Å²) in [6.07, 6.45) is 1.11. The minimum atomic E-state index is -3.37. The standard InChI is InChI=1S/C24H25N5O4S/c1-17-22-23(20-11-7-6-10-19(20)14-25)29(31)16-21(30)27(12-13-34(2,32)33)24(22)28(26-17)15-18-8-4-3-5-9-18/h3-11,23,29H,12-13,15-16H2,1-2H3. The molecule has 10 heteroatoms. The van der Waals surface area contributed by atoms with E-state index in [1.807, 2.05) is 30.3 Å². The molecule has 1 aliphatic rings. The largest absolute Gasteiger partial charge is 0.633 e. The first-order chi connectivity index (χ1) is 16.2. The molecule has 1 aliphatic heterocycles. The van der Waals surface area contributed by atoms with Crippen molar-refractivity contribution < 1.29 is 18.3 Å². The number of carbonyl (C=O) groups is 1. The summed E-state index contributed by atoms with van der Waals surface area (Å²) in [5.74, 6) is -0.332. The minimum Gasteiger partial charge on any atom is -0.633 e. The fourth-order valence-electron chi connectivity index (χ4n) is 4.37. The predicted octanol–water partition coefficient (Wildman–Crippen LogP) is 0.975. The molecule has 0 saturated heterocycles. The molecule has 2 unspecified atom stereocenters. The van der Waals surface area contributed by atoms with Crippen molar-refractivity contribution in [3.8, 4) is 6.07 Å². The van der Waals surface area contributed by atoms with Gasteiger partial charge in [-0.2, -0.15) is 10.4 Å². The van der Waals surface area contributed by atoms with E-state index in [0.29, 0.717) is 34.7 Å². The molecule has 34 heavy (non-hydrogen) atoms. The Morgan fingerprint density at radius 1 is 1.18 bits per heavy atom. The number of nitrogens with zero attached hydrogens (tertiary/aromatic N) is 4. The van der Waals surface area contributed by atoms with Gasteiger partial charge in [-0.15, -0.1) is 0 Å². The molecule has 2 aromatic carbocycles. The topological polar surface area (TPSA) is 124 Å². The highest BCUT2D eigenvalue weighted by atomic mass is 32.2. The van der Waals surface area contributed by atoms with Crippen molar-refractivity contribution in [1.29, 1.82) is 5.26 Å². The Bertz CT molecular complexity index is 1360. The molecule has 0 spiro atoms. The van der Waals surface area contributed by atoms with Crippen molar-refractivity contribution in [2.75, 3.05) is 30.0 Å². The van der Waals surface area contributed by atoms with Gasteiger partial charge in [0.05, 0.1) is 35.2 Å². The predicted molar refractivity (Wildman–Crippen MR) is 127 cm³/mol.